The fourth-order valence-electron chi connectivity index (χ4n) is 3.96. The number of carbonyl (C=O) groups excluding carboxylic acids is 1. The van der Waals surface area contributed by atoms with Crippen LogP contribution in [-0.2, 0) is 4.79 Å². The smallest absolute Gasteiger partial charge is 0.146 e. The number of hydrogen-bond acceptors (Lipinski definition) is 2. The van der Waals surface area contributed by atoms with Crippen LogP contribution >= 0.6 is 0 Å². The molecule has 0 aromatic rings. The Morgan fingerprint density at radius 2 is 1.27 bits per heavy atom. The van der Waals surface area contributed by atoms with Gasteiger partial charge in [-0.05, 0) is 44.1 Å². The molecule has 0 aromatic heterocycles. The highest BCUT2D eigenvalue weighted by Crippen LogP contribution is 2.59. The molecule has 0 aromatic carbocycles. The number of hydrogen-bond donors (Lipinski definition) is 0. The lowest BCUT2D eigenvalue weighted by Crippen LogP contribution is -2.44. The third kappa shape index (κ3) is 7.76. The third-order valence-corrected chi connectivity index (χ3v) is 3.92. The molecule has 0 amide bonds. The van der Waals surface area contributed by atoms with Gasteiger partial charge >= 0.3 is 0 Å². The normalized spacial score (nSPS) is 23.0. The molecule has 136 valence electrons. The van der Waals surface area contributed by atoms with Crippen LogP contribution in [0.1, 0.15) is 95.4 Å². The number of ketones is 1. The predicted octanol–water partition coefficient (Wildman–Crippen LogP) is 6.19. The Hall–Kier alpha value is -0.370. The Bertz CT molecular complexity index is 263. The zero-order valence-corrected chi connectivity index (χ0v) is 17.8. The predicted molar refractivity (Wildman–Crippen MR) is 103 cm³/mol. The van der Waals surface area contributed by atoms with Crippen LogP contribution < -0.4 is 0 Å². The van der Waals surface area contributed by atoms with E-state index in [1.54, 1.807) is 6.92 Å². The summed E-state index contributed by atoms with van der Waals surface area (Å²) in [6, 6.07) is 0.200. The number of rotatable bonds is 1. The van der Waals surface area contributed by atoms with Gasteiger partial charge in [-0.25, -0.2) is 0 Å². The van der Waals surface area contributed by atoms with Crippen molar-refractivity contribution < 1.29 is 4.79 Å². The summed E-state index contributed by atoms with van der Waals surface area (Å²) in [6.07, 6.45) is 3.70. The summed E-state index contributed by atoms with van der Waals surface area (Å²) in [4.78, 5) is 13.7. The minimum absolute atomic E-state index is 0.200. The second kappa shape index (κ2) is 13.1. The summed E-state index contributed by atoms with van der Waals surface area (Å²) in [5.74, 6) is 0.342. The third-order valence-electron chi connectivity index (χ3n) is 3.92. The van der Waals surface area contributed by atoms with Crippen molar-refractivity contribution in [3.63, 3.8) is 0 Å². The maximum atomic E-state index is 11.4. The number of nitrogens with zero attached hydrogens (tertiary/aromatic N) is 1. The zero-order valence-electron chi connectivity index (χ0n) is 17.8. The molecule has 1 spiro atoms. The SMILES string of the molecule is CC.CC.CC.CC.CC(=O)C1CC2(CN1C)CC(C)(C)C2. The summed E-state index contributed by atoms with van der Waals surface area (Å²) in [6.45, 7) is 23.5. The first-order chi connectivity index (χ1) is 10.3. The van der Waals surface area contributed by atoms with Crippen molar-refractivity contribution in [1.82, 2.24) is 4.90 Å². The summed E-state index contributed by atoms with van der Waals surface area (Å²) in [5.41, 5.74) is 1.00. The maximum Gasteiger partial charge on any atom is 0.146 e. The largest absolute Gasteiger partial charge is 0.298 e. The molecule has 1 aliphatic carbocycles. The first-order valence-corrected chi connectivity index (χ1v) is 9.54. The fourth-order valence-corrected chi connectivity index (χ4v) is 3.96. The average Bonchev–Trinajstić information content (AvgIpc) is 2.83. The molecule has 2 heteroatoms. The summed E-state index contributed by atoms with van der Waals surface area (Å²) in [7, 11) is 2.09. The molecule has 0 radical (unpaired) electrons. The van der Waals surface area contributed by atoms with Crippen LogP contribution in [0.15, 0.2) is 0 Å². The van der Waals surface area contributed by atoms with Crippen molar-refractivity contribution in [1.29, 1.82) is 0 Å². The van der Waals surface area contributed by atoms with Gasteiger partial charge in [-0.1, -0.05) is 69.2 Å². The van der Waals surface area contributed by atoms with Gasteiger partial charge in [0.2, 0.25) is 0 Å². The molecule has 1 unspecified atom stereocenters. The summed E-state index contributed by atoms with van der Waals surface area (Å²) >= 11 is 0. The second-order valence-electron chi connectivity index (χ2n) is 6.26. The zero-order chi connectivity index (χ0) is 18.6. The van der Waals surface area contributed by atoms with E-state index >= 15 is 0 Å². The van der Waals surface area contributed by atoms with Gasteiger partial charge < -0.3 is 0 Å². The van der Waals surface area contributed by atoms with Gasteiger partial charge in [-0.3, -0.25) is 9.69 Å². The quantitative estimate of drug-likeness (QED) is 0.575. The minimum atomic E-state index is 0.200. The van der Waals surface area contributed by atoms with E-state index in [4.69, 9.17) is 0 Å². The highest BCUT2D eigenvalue weighted by molar-refractivity contribution is 5.81. The van der Waals surface area contributed by atoms with Crippen LogP contribution in [0.2, 0.25) is 0 Å². The lowest BCUT2D eigenvalue weighted by Gasteiger charge is -2.51. The van der Waals surface area contributed by atoms with Crippen molar-refractivity contribution in [2.45, 2.75) is 101 Å². The molecule has 2 fully saturated rings. The molecule has 1 aliphatic heterocycles. The molecule has 2 nitrogen and oxygen atoms in total. The molecule has 22 heavy (non-hydrogen) atoms. The van der Waals surface area contributed by atoms with Gasteiger partial charge in [-0.2, -0.15) is 0 Å². The minimum Gasteiger partial charge on any atom is -0.298 e. The van der Waals surface area contributed by atoms with E-state index < -0.39 is 0 Å². The molecular weight excluding hydrogens is 270 g/mol. The van der Waals surface area contributed by atoms with Crippen LogP contribution in [-0.4, -0.2) is 30.3 Å². The van der Waals surface area contributed by atoms with E-state index in [1.807, 2.05) is 55.4 Å². The van der Waals surface area contributed by atoms with Crippen molar-refractivity contribution in [3.8, 4) is 0 Å². The van der Waals surface area contributed by atoms with Crippen LogP contribution in [0.5, 0.6) is 0 Å². The number of likely N-dealkylation sites (N-methyl/N-ethyl adjacent to an activating group) is 1. The molecule has 2 rings (SSSR count). The Kier molecular flexibility index (Phi) is 15.8. The fraction of sp³-hybridized carbons (Fsp3) is 0.950. The first kappa shape index (κ1) is 26.5. The molecular formula is C20H45NO. The number of carbonyl (C=O) groups is 1. The first-order valence-electron chi connectivity index (χ1n) is 9.54. The van der Waals surface area contributed by atoms with Gasteiger partial charge in [0.05, 0.1) is 6.04 Å². The molecule has 1 atom stereocenters. The monoisotopic (exact) mass is 315 g/mol. The Morgan fingerprint density at radius 3 is 1.50 bits per heavy atom. The van der Waals surface area contributed by atoms with E-state index in [1.165, 1.54) is 12.8 Å². The van der Waals surface area contributed by atoms with E-state index in [0.717, 1.165) is 13.0 Å². The maximum absolute atomic E-state index is 11.4. The van der Waals surface area contributed by atoms with E-state index in [0.29, 0.717) is 16.6 Å². The van der Waals surface area contributed by atoms with Crippen molar-refractivity contribution in [2.24, 2.45) is 10.8 Å². The topological polar surface area (TPSA) is 20.3 Å². The van der Waals surface area contributed by atoms with Gasteiger partial charge in [0, 0.05) is 6.54 Å². The summed E-state index contributed by atoms with van der Waals surface area (Å²) < 4.78 is 0. The molecule has 2 aliphatic rings. The Labute approximate surface area is 142 Å². The van der Waals surface area contributed by atoms with Crippen LogP contribution in [0.25, 0.3) is 0 Å². The number of Topliss-reactive ketones (excluding diaryl/α,β-unsaturated/α-hetero) is 1. The van der Waals surface area contributed by atoms with Crippen molar-refractivity contribution in [3.05, 3.63) is 0 Å². The molecule has 1 heterocycles. The van der Waals surface area contributed by atoms with E-state index in [-0.39, 0.29) is 6.04 Å². The summed E-state index contributed by atoms with van der Waals surface area (Å²) in [5, 5.41) is 0. The molecule has 0 bridgehead atoms. The van der Waals surface area contributed by atoms with Gasteiger partial charge in [0.25, 0.3) is 0 Å². The highest BCUT2D eigenvalue weighted by atomic mass is 16.1. The highest BCUT2D eigenvalue weighted by Gasteiger charge is 2.54. The second-order valence-corrected chi connectivity index (χ2v) is 6.26. The van der Waals surface area contributed by atoms with E-state index in [9.17, 15) is 4.79 Å². The Balaban J connectivity index is -0.000000394. The molecule has 0 N–H and O–H groups in total. The van der Waals surface area contributed by atoms with Crippen LogP contribution in [0, 0.1) is 10.8 Å². The van der Waals surface area contributed by atoms with Gasteiger partial charge in [0.15, 0.2) is 0 Å². The lowest BCUT2D eigenvalue weighted by molar-refractivity contribution is -0.121. The number of likely N-dealkylation sites (tertiary alicyclic amines) is 1. The van der Waals surface area contributed by atoms with Gasteiger partial charge in [-0.15, -0.1) is 0 Å². The Morgan fingerprint density at radius 1 is 0.909 bits per heavy atom. The van der Waals surface area contributed by atoms with Crippen molar-refractivity contribution >= 4 is 5.78 Å². The molecule has 1 saturated heterocycles. The van der Waals surface area contributed by atoms with Crippen molar-refractivity contribution in [2.75, 3.05) is 13.6 Å². The standard InChI is InChI=1S/C12H21NO.4C2H6/c1-9(14)10-5-12(8-13(10)4)6-11(2,3)7-12;4*1-2/h10H,5-8H2,1-4H3;4*1-2H3. The van der Waals surface area contributed by atoms with E-state index in [2.05, 4.69) is 25.8 Å². The lowest BCUT2D eigenvalue weighted by atomic mass is 9.53. The average molecular weight is 316 g/mol. The molecule has 1 saturated carbocycles. The van der Waals surface area contributed by atoms with Crippen LogP contribution in [0.3, 0.4) is 0 Å². The van der Waals surface area contributed by atoms with Gasteiger partial charge in [0.1, 0.15) is 5.78 Å². The van der Waals surface area contributed by atoms with Crippen LogP contribution in [0.4, 0.5) is 0 Å².